The second-order valence-electron chi connectivity index (χ2n) is 2.53. The van der Waals surface area contributed by atoms with Gasteiger partial charge in [-0.15, -0.1) is 0 Å². The number of aromatic nitrogens is 2. The first-order chi connectivity index (χ1) is 6.07. The Morgan fingerprint density at radius 3 is 2.71 bits per heavy atom. The molecule has 14 heavy (non-hydrogen) atoms. The van der Waals surface area contributed by atoms with E-state index in [9.17, 15) is 13.2 Å². The van der Waals surface area contributed by atoms with Crippen LogP contribution in [0.3, 0.4) is 0 Å². The SMILES string of the molecule is FC(F)(F)c1ccn2[c-]cnc2c1.[K+]. The molecule has 2 nitrogen and oxygen atoms in total. The fraction of sp³-hybridized carbons (Fsp3) is 0.125. The standard InChI is InChI=1S/C8H4F3N2.K/c9-8(10,11)6-1-3-13-4-2-12-7(13)5-6;/h1-3,5H;/q-1;+1. The van der Waals surface area contributed by atoms with E-state index in [1.54, 1.807) is 0 Å². The molecule has 0 radical (unpaired) electrons. The van der Waals surface area contributed by atoms with Crippen LogP contribution in [0.2, 0.25) is 0 Å². The number of rotatable bonds is 0. The summed E-state index contributed by atoms with van der Waals surface area (Å²) >= 11 is 0. The fourth-order valence-electron chi connectivity index (χ4n) is 1.03. The molecule has 0 N–H and O–H groups in total. The smallest absolute Gasteiger partial charge is 0.468 e. The average molecular weight is 224 g/mol. The Hall–Kier alpha value is 0.116. The Morgan fingerprint density at radius 1 is 1.36 bits per heavy atom. The number of pyridine rings is 1. The second-order valence-corrected chi connectivity index (χ2v) is 2.53. The number of halogens is 3. The van der Waals surface area contributed by atoms with Crippen LogP contribution in [0.4, 0.5) is 13.2 Å². The molecule has 2 aromatic heterocycles. The molecule has 0 aliphatic heterocycles. The summed E-state index contributed by atoms with van der Waals surface area (Å²) in [5, 5.41) is 0. The molecule has 2 aromatic rings. The third-order valence-electron chi connectivity index (χ3n) is 1.66. The van der Waals surface area contributed by atoms with Gasteiger partial charge in [0, 0.05) is 11.2 Å². The van der Waals surface area contributed by atoms with Crippen molar-refractivity contribution in [2.75, 3.05) is 0 Å². The van der Waals surface area contributed by atoms with Gasteiger partial charge in [0.25, 0.3) is 0 Å². The normalized spacial score (nSPS) is 11.4. The third-order valence-corrected chi connectivity index (χ3v) is 1.66. The van der Waals surface area contributed by atoms with E-state index in [1.807, 2.05) is 0 Å². The maximum absolute atomic E-state index is 12.2. The number of hydrogen-bond donors (Lipinski definition) is 0. The van der Waals surface area contributed by atoms with Gasteiger partial charge in [-0.2, -0.15) is 13.2 Å². The van der Waals surface area contributed by atoms with E-state index in [0.29, 0.717) is 0 Å². The summed E-state index contributed by atoms with van der Waals surface area (Å²) in [5.41, 5.74) is -0.450. The van der Waals surface area contributed by atoms with Crippen molar-refractivity contribution in [2.45, 2.75) is 6.18 Å². The van der Waals surface area contributed by atoms with Gasteiger partial charge in [-0.25, -0.2) is 0 Å². The third kappa shape index (κ3) is 2.37. The number of imidazole rings is 1. The molecule has 2 rings (SSSR count). The van der Waals surface area contributed by atoms with Gasteiger partial charge in [-0.1, -0.05) is 24.5 Å². The zero-order valence-corrected chi connectivity index (χ0v) is 10.5. The van der Waals surface area contributed by atoms with Crippen LogP contribution in [0.15, 0.2) is 24.5 Å². The van der Waals surface area contributed by atoms with Crippen LogP contribution < -0.4 is 51.4 Å². The molecule has 68 valence electrons. The Kier molecular flexibility index (Phi) is 3.76. The van der Waals surface area contributed by atoms with Crippen LogP contribution >= 0.6 is 0 Å². The van der Waals surface area contributed by atoms with Gasteiger partial charge in [0.15, 0.2) is 0 Å². The van der Waals surface area contributed by atoms with E-state index in [4.69, 9.17) is 0 Å². The predicted octanol–water partition coefficient (Wildman–Crippen LogP) is -0.843. The quantitative estimate of drug-likeness (QED) is 0.421. The summed E-state index contributed by atoms with van der Waals surface area (Å²) in [6.07, 6.45) is 0.936. The van der Waals surface area contributed by atoms with E-state index in [1.165, 1.54) is 16.8 Å². The Bertz CT molecular complexity index is 435. The van der Waals surface area contributed by atoms with Gasteiger partial charge in [0.2, 0.25) is 0 Å². The Balaban J connectivity index is 0.000000980. The van der Waals surface area contributed by atoms with Gasteiger partial charge in [-0.05, 0) is 6.20 Å². The number of alkyl halides is 3. The van der Waals surface area contributed by atoms with Crippen molar-refractivity contribution in [3.63, 3.8) is 0 Å². The molecule has 0 atom stereocenters. The van der Waals surface area contributed by atoms with E-state index < -0.39 is 11.7 Å². The molecule has 0 amide bonds. The first-order valence-electron chi connectivity index (χ1n) is 3.49. The molecular formula is C8H4F3KN2. The van der Waals surface area contributed by atoms with Crippen molar-refractivity contribution < 1.29 is 64.6 Å². The van der Waals surface area contributed by atoms with Crippen molar-refractivity contribution in [2.24, 2.45) is 0 Å². The summed E-state index contributed by atoms with van der Waals surface area (Å²) in [5.74, 6) is 0. The minimum Gasteiger partial charge on any atom is -0.468 e. The van der Waals surface area contributed by atoms with Crippen LogP contribution in [0.5, 0.6) is 0 Å². The molecule has 0 unspecified atom stereocenters. The van der Waals surface area contributed by atoms with Crippen molar-refractivity contribution in [3.05, 3.63) is 36.3 Å². The molecule has 0 aliphatic carbocycles. The van der Waals surface area contributed by atoms with Crippen LogP contribution in [0, 0.1) is 6.20 Å². The molecule has 0 fully saturated rings. The summed E-state index contributed by atoms with van der Waals surface area (Å²) < 4.78 is 37.9. The van der Waals surface area contributed by atoms with Crippen LogP contribution in [0.1, 0.15) is 5.56 Å². The van der Waals surface area contributed by atoms with Crippen LogP contribution in [0.25, 0.3) is 5.65 Å². The minimum absolute atomic E-state index is 0. The first kappa shape index (κ1) is 12.2. The van der Waals surface area contributed by atoms with Gasteiger partial charge in [-0.3, -0.25) is 0 Å². The van der Waals surface area contributed by atoms with E-state index in [2.05, 4.69) is 11.2 Å². The zero-order valence-electron chi connectivity index (χ0n) is 7.34. The average Bonchev–Trinajstić information content (AvgIpc) is 2.47. The van der Waals surface area contributed by atoms with Crippen LogP contribution in [-0.2, 0) is 6.18 Å². The van der Waals surface area contributed by atoms with Gasteiger partial charge < -0.3 is 9.38 Å². The van der Waals surface area contributed by atoms with E-state index in [0.717, 1.165) is 12.1 Å². The van der Waals surface area contributed by atoms with E-state index >= 15 is 0 Å². The van der Waals surface area contributed by atoms with E-state index in [-0.39, 0.29) is 57.0 Å². The monoisotopic (exact) mass is 224 g/mol. The van der Waals surface area contributed by atoms with Crippen molar-refractivity contribution in [1.82, 2.24) is 9.38 Å². The molecule has 6 heteroatoms. The number of nitrogens with zero attached hydrogens (tertiary/aromatic N) is 2. The molecule has 0 spiro atoms. The maximum atomic E-state index is 12.2. The minimum atomic E-state index is -4.31. The number of fused-ring (bicyclic) bond motifs is 1. The van der Waals surface area contributed by atoms with Crippen molar-refractivity contribution in [3.8, 4) is 0 Å². The van der Waals surface area contributed by atoms with Crippen molar-refractivity contribution in [1.29, 1.82) is 0 Å². The van der Waals surface area contributed by atoms with Crippen LogP contribution in [-0.4, -0.2) is 9.38 Å². The molecule has 0 bridgehead atoms. The Morgan fingerprint density at radius 2 is 2.07 bits per heavy atom. The maximum Gasteiger partial charge on any atom is 1.00 e. The topological polar surface area (TPSA) is 17.3 Å². The summed E-state index contributed by atoms with van der Waals surface area (Å²) in [6, 6.07) is 1.97. The predicted molar refractivity (Wildman–Crippen MR) is 39.0 cm³/mol. The molecule has 0 saturated heterocycles. The molecular weight excluding hydrogens is 220 g/mol. The zero-order chi connectivity index (χ0) is 9.47. The largest absolute Gasteiger partial charge is 1.00 e. The number of hydrogen-bond acceptors (Lipinski definition) is 1. The fourth-order valence-corrected chi connectivity index (χ4v) is 1.03. The molecule has 0 aromatic carbocycles. The molecule has 0 aliphatic rings. The Labute approximate surface area is 121 Å². The first-order valence-corrected chi connectivity index (χ1v) is 3.49. The second kappa shape index (κ2) is 4.32. The summed E-state index contributed by atoms with van der Waals surface area (Å²) in [7, 11) is 0. The van der Waals surface area contributed by atoms with Gasteiger partial charge >= 0.3 is 57.6 Å². The van der Waals surface area contributed by atoms with Crippen molar-refractivity contribution >= 4 is 5.65 Å². The summed E-state index contributed by atoms with van der Waals surface area (Å²) in [6.45, 7) is 0. The van der Waals surface area contributed by atoms with Gasteiger partial charge in [0.05, 0.1) is 0 Å². The molecule has 2 heterocycles. The summed E-state index contributed by atoms with van der Waals surface area (Å²) in [4.78, 5) is 3.70. The molecule has 0 saturated carbocycles. The van der Waals surface area contributed by atoms with Gasteiger partial charge in [0.1, 0.15) is 0 Å².